The highest BCUT2D eigenvalue weighted by Crippen LogP contribution is 2.31. The molecule has 0 heterocycles. The molecule has 0 fully saturated rings. The van der Waals surface area contributed by atoms with Crippen LogP contribution in [-0.2, 0) is 0 Å². The fraction of sp³-hybridized carbons (Fsp3) is 0. The van der Waals surface area contributed by atoms with E-state index in [1.165, 1.54) is 11.6 Å². The molecule has 0 bridgehead atoms. The van der Waals surface area contributed by atoms with Crippen LogP contribution in [0.3, 0.4) is 0 Å². The van der Waals surface area contributed by atoms with Crippen LogP contribution in [0.4, 0.5) is 0 Å². The molecule has 0 aromatic heterocycles. The minimum Gasteiger partial charge on any atom is -0.274 e. The van der Waals surface area contributed by atoms with E-state index < -0.39 is 0 Å². The summed E-state index contributed by atoms with van der Waals surface area (Å²) in [5.41, 5.74) is 0.805. The van der Waals surface area contributed by atoms with Gasteiger partial charge in [0.2, 0.25) is 0 Å². The molecule has 1 atom stereocenters. The van der Waals surface area contributed by atoms with E-state index in [-0.39, 0.29) is 0 Å². The Bertz CT molecular complexity index is 10.0. The average Bonchev–Trinajstić information content (AvgIpc) is 1.37. The molecule has 0 aliphatic heterocycles. The Morgan fingerprint density at radius 3 is 2.25 bits per heavy atom. The lowest BCUT2D eigenvalue weighted by atomic mass is 14.0. The second-order valence-corrected chi connectivity index (χ2v) is 5.72. The fourth-order valence-electron chi connectivity index (χ4n) is 0. The van der Waals surface area contributed by atoms with Crippen LogP contribution in [0.25, 0.3) is 0 Å². The molecule has 1 unspecified atom stereocenters. The van der Waals surface area contributed by atoms with Crippen LogP contribution in [0.1, 0.15) is 0 Å². The number of hydrogen-bond donors (Lipinski definition) is 1. The highest BCUT2D eigenvalue weighted by atomic mass is 127. The zero-order valence-corrected chi connectivity index (χ0v) is 5.84. The summed E-state index contributed by atoms with van der Waals surface area (Å²) in [5, 5.41) is 4.95. The van der Waals surface area contributed by atoms with E-state index >= 15 is 0 Å². The third-order valence-corrected chi connectivity index (χ3v) is 2.69. The van der Waals surface area contributed by atoms with Gasteiger partial charge in [-0.25, -0.2) is 0 Å². The van der Waals surface area contributed by atoms with Crippen molar-refractivity contribution >= 4 is 39.0 Å². The van der Waals surface area contributed by atoms with Crippen molar-refractivity contribution in [2.24, 2.45) is 5.14 Å². The lowest BCUT2D eigenvalue weighted by Crippen LogP contribution is -1.59. The molecule has 0 radical (unpaired) electrons. The first kappa shape index (κ1) is 5.47. The number of hydrogen-bond acceptors (Lipinski definition) is 2. The van der Waals surface area contributed by atoms with Crippen molar-refractivity contribution in [1.82, 2.24) is 0 Å². The van der Waals surface area contributed by atoms with Crippen LogP contribution in [-0.4, -0.2) is 0 Å². The van der Waals surface area contributed by atoms with E-state index in [0.29, 0.717) is 0 Å². The molecule has 4 heavy (non-hydrogen) atoms. The lowest BCUT2D eigenvalue weighted by molar-refractivity contribution is 2.07. The molecule has 0 saturated heterocycles. The maximum absolute atomic E-state index is 4.95. The molecule has 0 aliphatic carbocycles. The summed E-state index contributed by atoms with van der Waals surface area (Å²) in [6, 6.07) is 0. The third-order valence-electron chi connectivity index (χ3n) is 0.0445. The molecule has 0 aromatic carbocycles. The summed E-state index contributed by atoms with van der Waals surface area (Å²) in [5.74, 6) is 0. The second kappa shape index (κ2) is 4.47. The molecule has 0 amide bonds. The Kier molecular flexibility index (Phi) is 6.11. The van der Waals surface area contributed by atoms with Crippen LogP contribution in [0, 0.1) is 0 Å². The quantitative estimate of drug-likeness (QED) is 0.401. The van der Waals surface area contributed by atoms with E-state index in [0.717, 1.165) is 5.43 Å². The first-order valence-electron chi connectivity index (χ1n) is 0.629. The van der Waals surface area contributed by atoms with Gasteiger partial charge in [0.15, 0.2) is 0 Å². The van der Waals surface area contributed by atoms with Crippen molar-refractivity contribution < 1.29 is 0 Å². The van der Waals surface area contributed by atoms with Crippen molar-refractivity contribution in [3.8, 4) is 0 Å². The summed E-state index contributed by atoms with van der Waals surface area (Å²) < 4.78 is 0. The van der Waals surface area contributed by atoms with Gasteiger partial charge in [-0.15, -0.1) is 0 Å². The first-order chi connectivity index (χ1) is 1.91. The summed E-state index contributed by atoms with van der Waals surface area (Å²) in [7, 11) is 0. The van der Waals surface area contributed by atoms with Gasteiger partial charge in [-0.2, -0.15) is 0 Å². The Balaban J connectivity index is 1.97. The molecule has 0 saturated carbocycles. The smallest absolute Gasteiger partial charge is 0.0209 e. The predicted molar refractivity (Wildman–Crippen MR) is 34.1 cm³/mol. The van der Waals surface area contributed by atoms with Crippen LogP contribution in [0.5, 0.6) is 0 Å². The van der Waals surface area contributed by atoms with Gasteiger partial charge in [0.1, 0.15) is 0 Å². The fourth-order valence-corrected chi connectivity index (χ4v) is 0. The SMILES string of the molecule is NSPI. The van der Waals surface area contributed by atoms with Crippen molar-refractivity contribution in [2.45, 2.75) is 0 Å². The maximum Gasteiger partial charge on any atom is 0.0209 e. The second-order valence-electron chi connectivity index (χ2n) is 0.195. The molecule has 26 valence electrons. The molecule has 0 aromatic rings. The molecule has 0 spiro atoms. The van der Waals surface area contributed by atoms with Gasteiger partial charge in [0.05, 0.1) is 0 Å². The summed E-state index contributed by atoms with van der Waals surface area (Å²) in [6.07, 6.45) is 0. The Morgan fingerprint density at radius 2 is 2.25 bits per heavy atom. The topological polar surface area (TPSA) is 26.0 Å². The van der Waals surface area contributed by atoms with Crippen molar-refractivity contribution in [1.29, 1.82) is 0 Å². The van der Waals surface area contributed by atoms with Crippen LogP contribution in [0.15, 0.2) is 0 Å². The van der Waals surface area contributed by atoms with Gasteiger partial charge in [-0.3, -0.25) is 5.14 Å². The van der Waals surface area contributed by atoms with E-state index in [9.17, 15) is 0 Å². The monoisotopic (exact) mass is 207 g/mol. The molecule has 0 rings (SSSR count). The Labute approximate surface area is 44.2 Å². The minimum absolute atomic E-state index is 0.805. The molecule has 0 aliphatic rings. The molecule has 4 heteroatoms. The van der Waals surface area contributed by atoms with E-state index in [4.69, 9.17) is 5.14 Å². The van der Waals surface area contributed by atoms with Crippen LogP contribution in [0.2, 0.25) is 0 Å². The van der Waals surface area contributed by atoms with Crippen molar-refractivity contribution in [3.05, 3.63) is 0 Å². The van der Waals surface area contributed by atoms with E-state index in [2.05, 4.69) is 22.0 Å². The third kappa shape index (κ3) is 3.47. The highest BCUT2D eigenvalue weighted by Gasteiger charge is 1.57. The van der Waals surface area contributed by atoms with Gasteiger partial charge in [-0.05, 0) is 33.6 Å². The van der Waals surface area contributed by atoms with E-state index in [1.807, 2.05) is 0 Å². The first-order valence-corrected chi connectivity index (χ1v) is 6.35. The van der Waals surface area contributed by atoms with Gasteiger partial charge in [-0.1, -0.05) is 0 Å². The number of rotatable bonds is 1. The number of halogens is 1. The number of nitrogens with two attached hydrogens (primary N) is 1. The Morgan fingerprint density at radius 1 is 2.00 bits per heavy atom. The van der Waals surface area contributed by atoms with E-state index in [1.54, 1.807) is 0 Å². The molecular formula is H3INPS. The van der Waals surface area contributed by atoms with Gasteiger partial charge in [0.25, 0.3) is 0 Å². The zero-order valence-electron chi connectivity index (χ0n) is 1.86. The molecule has 2 N–H and O–H groups in total. The minimum atomic E-state index is 0.805. The zero-order chi connectivity index (χ0) is 3.41. The summed E-state index contributed by atoms with van der Waals surface area (Å²) in [4.78, 5) is 0. The molecule has 1 nitrogen and oxygen atoms in total. The maximum atomic E-state index is 4.95. The van der Waals surface area contributed by atoms with Gasteiger partial charge >= 0.3 is 0 Å². The largest absolute Gasteiger partial charge is 0.274 e. The summed E-state index contributed by atoms with van der Waals surface area (Å²) >= 11 is 3.59. The van der Waals surface area contributed by atoms with Crippen LogP contribution < -0.4 is 5.14 Å². The highest BCUT2D eigenvalue weighted by molar-refractivity contribution is 14.2. The lowest BCUT2D eigenvalue weighted by Gasteiger charge is -1.68. The predicted octanol–water partition coefficient (Wildman–Crippen LogP) is 1.54. The average molecular weight is 207 g/mol. The van der Waals surface area contributed by atoms with Gasteiger partial charge < -0.3 is 0 Å². The van der Waals surface area contributed by atoms with Crippen molar-refractivity contribution in [2.75, 3.05) is 0 Å². The standard InChI is InChI=1S/H3INPS/c1-3-4-2/h3H,2H2. The van der Waals surface area contributed by atoms with Gasteiger partial charge in [0, 0.05) is 5.43 Å². The summed E-state index contributed by atoms with van der Waals surface area (Å²) in [6.45, 7) is 0. The van der Waals surface area contributed by atoms with Crippen LogP contribution >= 0.6 is 39.0 Å². The molecular weight excluding hydrogens is 204 g/mol. The Hall–Kier alpha value is 1.47. The van der Waals surface area contributed by atoms with Crippen molar-refractivity contribution in [3.63, 3.8) is 0 Å². The normalized spacial score (nSPS) is 10.5.